The molecule has 1 saturated heterocycles. The zero-order valence-electron chi connectivity index (χ0n) is 2.99. The van der Waals surface area contributed by atoms with Gasteiger partial charge in [0, 0.05) is 0 Å². The lowest BCUT2D eigenvalue weighted by molar-refractivity contribution is 0.407. The van der Waals surface area contributed by atoms with E-state index in [4.69, 9.17) is 4.74 Å². The fraction of sp³-hybridized carbons (Fsp3) is 1.00. The maximum atomic E-state index is 4.81. The van der Waals surface area contributed by atoms with Gasteiger partial charge in [-0.3, -0.25) is 0 Å². The fourth-order valence-electron chi connectivity index (χ4n) is 0.0994. The minimum atomic E-state index is 0.0625. The monoisotopic (exact) mass is 136 g/mol. The Kier molecular flexibility index (Phi) is 0.535. The lowest BCUT2D eigenvalue weighted by Gasteiger charge is -1.78. The van der Waals surface area contributed by atoms with Crippen LogP contribution >= 0.6 is 15.9 Å². The number of halogens is 1. The molecule has 0 saturated carbocycles. The maximum Gasteiger partial charge on any atom is 0.143 e. The van der Waals surface area contributed by atoms with Gasteiger partial charge in [0.15, 0.2) is 0 Å². The van der Waals surface area contributed by atoms with Crippen LogP contribution in [0.25, 0.3) is 0 Å². The number of hydrogen-bond acceptors (Lipinski definition) is 1. The minimum Gasteiger partial charge on any atom is -0.358 e. The van der Waals surface area contributed by atoms with Crippen molar-refractivity contribution in [1.29, 1.82) is 0 Å². The van der Waals surface area contributed by atoms with Gasteiger partial charge in [-0.05, 0) is 6.92 Å². The van der Waals surface area contributed by atoms with Gasteiger partial charge in [-0.25, -0.2) is 0 Å². The first-order chi connectivity index (χ1) is 2.21. The molecule has 2 heteroatoms. The summed E-state index contributed by atoms with van der Waals surface area (Å²) in [5, 5.41) is 0. The van der Waals surface area contributed by atoms with Crippen LogP contribution in [0.1, 0.15) is 6.92 Å². The lowest BCUT2D eigenvalue weighted by Crippen LogP contribution is -1.83. The van der Waals surface area contributed by atoms with Crippen molar-refractivity contribution in [2.75, 3.05) is 6.61 Å². The van der Waals surface area contributed by atoms with Gasteiger partial charge in [-0.1, -0.05) is 15.9 Å². The van der Waals surface area contributed by atoms with Crippen molar-refractivity contribution in [2.24, 2.45) is 0 Å². The Hall–Kier alpha value is 0.440. The molecule has 0 spiro atoms. The van der Waals surface area contributed by atoms with E-state index in [9.17, 15) is 0 Å². The van der Waals surface area contributed by atoms with Crippen LogP contribution in [0.5, 0.6) is 0 Å². The van der Waals surface area contributed by atoms with Gasteiger partial charge in [0.25, 0.3) is 0 Å². The van der Waals surface area contributed by atoms with Crippen molar-refractivity contribution in [1.82, 2.24) is 0 Å². The van der Waals surface area contributed by atoms with Crippen molar-refractivity contribution < 1.29 is 4.74 Å². The number of ether oxygens (including phenoxy) is 1. The normalized spacial score (nSPS) is 49.2. The average Bonchev–Trinajstić information content (AvgIpc) is 1.76. The summed E-state index contributed by atoms with van der Waals surface area (Å²) in [6.07, 6.45) is 0. The highest BCUT2D eigenvalue weighted by atomic mass is 79.9. The molecule has 0 N–H and O–H groups in total. The molecule has 1 fully saturated rings. The van der Waals surface area contributed by atoms with Crippen molar-refractivity contribution >= 4 is 15.9 Å². The second-order valence-corrected chi connectivity index (χ2v) is 3.07. The standard InChI is InChI=1S/C3H5BrO/c1-3(4)2-5-3/h2H2,1H3. The van der Waals surface area contributed by atoms with Gasteiger partial charge in [0.05, 0.1) is 6.61 Å². The summed E-state index contributed by atoms with van der Waals surface area (Å²) in [5.74, 6) is 0. The van der Waals surface area contributed by atoms with Crippen molar-refractivity contribution in [3.63, 3.8) is 0 Å². The van der Waals surface area contributed by atoms with Gasteiger partial charge >= 0.3 is 0 Å². The van der Waals surface area contributed by atoms with Crippen LogP contribution in [0.4, 0.5) is 0 Å². The SMILES string of the molecule is CC1(Br)CO1. The Bertz CT molecular complexity index is 44.9. The molecule has 0 aromatic rings. The fourth-order valence-corrected chi connectivity index (χ4v) is 0.214. The second-order valence-electron chi connectivity index (χ2n) is 1.39. The molecule has 30 valence electrons. The minimum absolute atomic E-state index is 0.0625. The molecule has 0 radical (unpaired) electrons. The Labute approximate surface area is 39.4 Å². The summed E-state index contributed by atoms with van der Waals surface area (Å²) >= 11 is 3.26. The van der Waals surface area contributed by atoms with E-state index >= 15 is 0 Å². The molecule has 1 unspecified atom stereocenters. The molecule has 0 aromatic carbocycles. The van der Waals surface area contributed by atoms with Crippen LogP contribution in [-0.4, -0.2) is 11.1 Å². The van der Waals surface area contributed by atoms with Crippen LogP contribution in [0.15, 0.2) is 0 Å². The molecular formula is C3H5BrO. The molecule has 0 aromatic heterocycles. The highest BCUT2D eigenvalue weighted by Gasteiger charge is 2.35. The highest BCUT2D eigenvalue weighted by molar-refractivity contribution is 9.10. The van der Waals surface area contributed by atoms with Gasteiger partial charge in [-0.2, -0.15) is 0 Å². The number of rotatable bonds is 0. The Morgan fingerprint density at radius 3 is 2.20 bits per heavy atom. The predicted octanol–water partition coefficient (Wildman–Crippen LogP) is 1.13. The Morgan fingerprint density at radius 2 is 2.20 bits per heavy atom. The Balaban J connectivity index is 2.38. The van der Waals surface area contributed by atoms with E-state index in [2.05, 4.69) is 15.9 Å². The second kappa shape index (κ2) is 0.738. The molecule has 0 bridgehead atoms. The van der Waals surface area contributed by atoms with Gasteiger partial charge < -0.3 is 4.74 Å². The number of alkyl halides is 1. The lowest BCUT2D eigenvalue weighted by atomic mass is 10.6. The van der Waals surface area contributed by atoms with E-state index in [0.29, 0.717) is 0 Å². The van der Waals surface area contributed by atoms with Crippen LogP contribution in [0.2, 0.25) is 0 Å². The number of hydrogen-bond donors (Lipinski definition) is 0. The molecule has 1 aliphatic rings. The van der Waals surface area contributed by atoms with Crippen molar-refractivity contribution in [2.45, 2.75) is 11.4 Å². The van der Waals surface area contributed by atoms with Crippen molar-refractivity contribution in [3.8, 4) is 0 Å². The topological polar surface area (TPSA) is 12.5 Å². The van der Waals surface area contributed by atoms with E-state index in [-0.39, 0.29) is 4.51 Å². The molecule has 1 nitrogen and oxygen atoms in total. The first kappa shape index (κ1) is 3.62. The summed E-state index contributed by atoms with van der Waals surface area (Å²) in [5.41, 5.74) is 0. The summed E-state index contributed by atoms with van der Waals surface area (Å²) in [4.78, 5) is 0. The average molecular weight is 137 g/mol. The third-order valence-corrected chi connectivity index (χ3v) is 1.000. The first-order valence-electron chi connectivity index (χ1n) is 1.54. The zero-order valence-corrected chi connectivity index (χ0v) is 4.58. The summed E-state index contributed by atoms with van der Waals surface area (Å²) in [7, 11) is 0. The molecule has 1 aliphatic heterocycles. The molecule has 0 amide bonds. The van der Waals surface area contributed by atoms with E-state index < -0.39 is 0 Å². The largest absolute Gasteiger partial charge is 0.358 e. The van der Waals surface area contributed by atoms with Crippen LogP contribution in [-0.2, 0) is 4.74 Å². The summed E-state index contributed by atoms with van der Waals surface area (Å²) in [6.45, 7) is 2.86. The maximum absolute atomic E-state index is 4.81. The van der Waals surface area contributed by atoms with Crippen molar-refractivity contribution in [3.05, 3.63) is 0 Å². The quantitative estimate of drug-likeness (QED) is 0.360. The first-order valence-corrected chi connectivity index (χ1v) is 2.33. The molecule has 1 rings (SSSR count). The molecular weight excluding hydrogens is 132 g/mol. The van der Waals surface area contributed by atoms with Crippen LogP contribution in [0, 0.1) is 0 Å². The van der Waals surface area contributed by atoms with E-state index in [1.165, 1.54) is 0 Å². The molecule has 1 heterocycles. The van der Waals surface area contributed by atoms with E-state index in [0.717, 1.165) is 6.61 Å². The van der Waals surface area contributed by atoms with Crippen LogP contribution in [0.3, 0.4) is 0 Å². The Morgan fingerprint density at radius 1 is 2.00 bits per heavy atom. The summed E-state index contributed by atoms with van der Waals surface area (Å²) < 4.78 is 4.88. The smallest absolute Gasteiger partial charge is 0.143 e. The molecule has 5 heavy (non-hydrogen) atoms. The van der Waals surface area contributed by atoms with E-state index in [1.54, 1.807) is 0 Å². The zero-order chi connectivity index (χ0) is 3.91. The number of epoxide rings is 1. The molecule has 0 aliphatic carbocycles. The third-order valence-electron chi connectivity index (χ3n) is 0.542. The summed E-state index contributed by atoms with van der Waals surface area (Å²) in [6, 6.07) is 0. The molecule has 1 atom stereocenters. The predicted molar refractivity (Wildman–Crippen MR) is 23.3 cm³/mol. The van der Waals surface area contributed by atoms with E-state index in [1.807, 2.05) is 6.92 Å². The third kappa shape index (κ3) is 0.893. The van der Waals surface area contributed by atoms with Gasteiger partial charge in [0.2, 0.25) is 0 Å². The highest BCUT2D eigenvalue weighted by Crippen LogP contribution is 2.32. The van der Waals surface area contributed by atoms with Gasteiger partial charge in [0.1, 0.15) is 4.51 Å². The van der Waals surface area contributed by atoms with Crippen LogP contribution < -0.4 is 0 Å². The van der Waals surface area contributed by atoms with Gasteiger partial charge in [-0.15, -0.1) is 0 Å².